The summed E-state index contributed by atoms with van der Waals surface area (Å²) >= 11 is 0. The number of hydrogen-bond acceptors (Lipinski definition) is 4. The van der Waals surface area contributed by atoms with Crippen LogP contribution in [0.4, 0.5) is 14.6 Å². The number of carbonyl (C=O) groups is 1. The van der Waals surface area contributed by atoms with Crippen LogP contribution in [0.3, 0.4) is 0 Å². The zero-order valence-corrected chi connectivity index (χ0v) is 15.3. The molecule has 2 N–H and O–H groups in total. The molecule has 1 aliphatic rings. The van der Waals surface area contributed by atoms with Crippen molar-refractivity contribution in [2.75, 3.05) is 18.0 Å². The highest BCUT2D eigenvalue weighted by atomic mass is 19.2. The van der Waals surface area contributed by atoms with E-state index in [0.717, 1.165) is 23.4 Å². The minimum Gasteiger partial charge on any atom is -0.352 e. The standard InChI is InChI=1S/C20H19F2N5O/c1-2-23-20(28)13-5-7-24-18(10-13)27-8-6-17-14(11-27)19(26-25-17)12-3-4-15(21)16(22)9-12/h3-5,7,9-10H,2,6,8,11H2,1H3,(H,23,28)(H,25,26). The molecule has 2 aromatic heterocycles. The van der Waals surface area contributed by atoms with Crippen molar-refractivity contribution in [3.8, 4) is 11.3 Å². The normalized spacial score (nSPS) is 13.3. The van der Waals surface area contributed by atoms with Crippen LogP contribution in [0.5, 0.6) is 0 Å². The van der Waals surface area contributed by atoms with Gasteiger partial charge in [-0.05, 0) is 37.3 Å². The van der Waals surface area contributed by atoms with E-state index in [4.69, 9.17) is 0 Å². The van der Waals surface area contributed by atoms with E-state index in [2.05, 4.69) is 20.5 Å². The third-order valence-electron chi connectivity index (χ3n) is 4.80. The van der Waals surface area contributed by atoms with Crippen LogP contribution in [0.2, 0.25) is 0 Å². The maximum absolute atomic E-state index is 13.7. The van der Waals surface area contributed by atoms with Crippen LogP contribution in [-0.2, 0) is 13.0 Å². The van der Waals surface area contributed by atoms with Gasteiger partial charge in [0, 0.05) is 54.6 Å². The van der Waals surface area contributed by atoms with E-state index in [1.165, 1.54) is 6.07 Å². The summed E-state index contributed by atoms with van der Waals surface area (Å²) in [5.41, 5.74) is 3.55. The van der Waals surface area contributed by atoms with Gasteiger partial charge in [0.15, 0.2) is 11.6 Å². The Morgan fingerprint density at radius 3 is 2.89 bits per heavy atom. The van der Waals surface area contributed by atoms with Crippen LogP contribution in [0.25, 0.3) is 11.3 Å². The number of nitrogens with zero attached hydrogens (tertiary/aromatic N) is 3. The molecule has 144 valence electrons. The van der Waals surface area contributed by atoms with Gasteiger partial charge >= 0.3 is 0 Å². The summed E-state index contributed by atoms with van der Waals surface area (Å²) < 4.78 is 26.9. The number of hydrogen-bond donors (Lipinski definition) is 2. The van der Waals surface area contributed by atoms with Gasteiger partial charge in [-0.15, -0.1) is 0 Å². The highest BCUT2D eigenvalue weighted by Gasteiger charge is 2.24. The minimum atomic E-state index is -0.904. The summed E-state index contributed by atoms with van der Waals surface area (Å²) in [5.74, 6) is -1.25. The molecule has 0 unspecified atom stereocenters. The zero-order valence-electron chi connectivity index (χ0n) is 15.3. The second-order valence-electron chi connectivity index (χ2n) is 6.59. The average Bonchev–Trinajstić information content (AvgIpc) is 3.13. The highest BCUT2D eigenvalue weighted by Crippen LogP contribution is 2.31. The van der Waals surface area contributed by atoms with E-state index in [1.54, 1.807) is 18.3 Å². The highest BCUT2D eigenvalue weighted by molar-refractivity contribution is 5.94. The molecule has 0 saturated heterocycles. The number of halogens is 2. The number of benzene rings is 1. The Hall–Kier alpha value is -3.29. The maximum atomic E-state index is 13.7. The van der Waals surface area contributed by atoms with E-state index >= 15 is 0 Å². The number of carbonyl (C=O) groups excluding carboxylic acids is 1. The molecule has 6 nitrogen and oxygen atoms in total. The van der Waals surface area contributed by atoms with Crippen LogP contribution in [-0.4, -0.2) is 34.2 Å². The molecular formula is C20H19F2N5O. The van der Waals surface area contributed by atoms with Gasteiger partial charge in [-0.2, -0.15) is 5.10 Å². The smallest absolute Gasteiger partial charge is 0.251 e. The molecule has 1 amide bonds. The third-order valence-corrected chi connectivity index (χ3v) is 4.80. The molecular weight excluding hydrogens is 364 g/mol. The van der Waals surface area contributed by atoms with Crippen molar-refractivity contribution in [2.45, 2.75) is 19.9 Å². The van der Waals surface area contributed by atoms with E-state index in [0.29, 0.717) is 48.7 Å². The fraction of sp³-hybridized carbons (Fsp3) is 0.250. The fourth-order valence-electron chi connectivity index (χ4n) is 3.37. The Balaban J connectivity index is 1.63. The van der Waals surface area contributed by atoms with Crippen molar-refractivity contribution in [3.05, 3.63) is 65.0 Å². The second-order valence-corrected chi connectivity index (χ2v) is 6.59. The van der Waals surface area contributed by atoms with Crippen LogP contribution in [0.1, 0.15) is 28.5 Å². The number of fused-ring (bicyclic) bond motifs is 1. The number of nitrogens with one attached hydrogen (secondary N) is 2. The molecule has 0 spiro atoms. The maximum Gasteiger partial charge on any atom is 0.251 e. The number of aromatic amines is 1. The van der Waals surface area contributed by atoms with Gasteiger partial charge in [-0.25, -0.2) is 13.8 Å². The summed E-state index contributed by atoms with van der Waals surface area (Å²) in [5, 5.41) is 10.1. The van der Waals surface area contributed by atoms with E-state index in [1.807, 2.05) is 11.8 Å². The molecule has 0 radical (unpaired) electrons. The van der Waals surface area contributed by atoms with E-state index < -0.39 is 11.6 Å². The Kier molecular flexibility index (Phi) is 4.77. The Bertz CT molecular complexity index is 1030. The summed E-state index contributed by atoms with van der Waals surface area (Å²) in [6.07, 6.45) is 2.32. The number of H-pyrrole nitrogens is 1. The Morgan fingerprint density at radius 2 is 2.11 bits per heavy atom. The lowest BCUT2D eigenvalue weighted by atomic mass is 10.0. The lowest BCUT2D eigenvalue weighted by Gasteiger charge is -2.28. The molecule has 28 heavy (non-hydrogen) atoms. The van der Waals surface area contributed by atoms with Crippen LogP contribution in [0, 0.1) is 11.6 Å². The number of rotatable bonds is 4. The number of aromatic nitrogens is 3. The van der Waals surface area contributed by atoms with Crippen LogP contribution in [0.15, 0.2) is 36.5 Å². The molecule has 3 aromatic rings. The average molecular weight is 383 g/mol. The quantitative estimate of drug-likeness (QED) is 0.726. The lowest BCUT2D eigenvalue weighted by Crippen LogP contribution is -2.31. The molecule has 0 bridgehead atoms. The van der Waals surface area contributed by atoms with Crippen LogP contribution >= 0.6 is 0 Å². The van der Waals surface area contributed by atoms with Gasteiger partial charge in [-0.1, -0.05) is 0 Å². The number of anilines is 1. The monoisotopic (exact) mass is 383 g/mol. The molecule has 0 atom stereocenters. The van der Waals surface area contributed by atoms with Crippen molar-refractivity contribution >= 4 is 11.7 Å². The van der Waals surface area contributed by atoms with Gasteiger partial charge in [0.25, 0.3) is 5.91 Å². The van der Waals surface area contributed by atoms with Crippen molar-refractivity contribution in [1.82, 2.24) is 20.5 Å². The largest absolute Gasteiger partial charge is 0.352 e. The minimum absolute atomic E-state index is 0.144. The van der Waals surface area contributed by atoms with Gasteiger partial charge in [-0.3, -0.25) is 9.89 Å². The number of amides is 1. The second kappa shape index (κ2) is 7.38. The lowest BCUT2D eigenvalue weighted by molar-refractivity contribution is 0.0955. The number of pyridine rings is 1. The Labute approximate surface area is 160 Å². The first kappa shape index (κ1) is 18.1. The SMILES string of the molecule is CCNC(=O)c1ccnc(N2CCc3[nH]nc(-c4ccc(F)c(F)c4)c3C2)c1. The fourth-order valence-corrected chi connectivity index (χ4v) is 3.37. The van der Waals surface area contributed by atoms with Crippen LogP contribution < -0.4 is 10.2 Å². The molecule has 0 saturated carbocycles. The first-order chi connectivity index (χ1) is 13.6. The molecule has 0 fully saturated rings. The van der Waals surface area contributed by atoms with Crippen molar-refractivity contribution in [2.24, 2.45) is 0 Å². The topological polar surface area (TPSA) is 73.9 Å². The predicted octanol–water partition coefficient (Wildman–Crippen LogP) is 3.06. The molecule has 1 aliphatic heterocycles. The first-order valence-electron chi connectivity index (χ1n) is 9.07. The van der Waals surface area contributed by atoms with Crippen molar-refractivity contribution in [3.63, 3.8) is 0 Å². The van der Waals surface area contributed by atoms with Gasteiger partial charge in [0.1, 0.15) is 5.82 Å². The summed E-state index contributed by atoms with van der Waals surface area (Å²) in [4.78, 5) is 18.5. The van der Waals surface area contributed by atoms with Gasteiger partial charge < -0.3 is 10.2 Å². The summed E-state index contributed by atoms with van der Waals surface area (Å²) in [6, 6.07) is 7.20. The summed E-state index contributed by atoms with van der Waals surface area (Å²) in [6.45, 7) is 3.63. The zero-order chi connectivity index (χ0) is 19.7. The van der Waals surface area contributed by atoms with Crippen molar-refractivity contribution in [1.29, 1.82) is 0 Å². The third kappa shape index (κ3) is 3.33. The van der Waals surface area contributed by atoms with Crippen molar-refractivity contribution < 1.29 is 13.6 Å². The van der Waals surface area contributed by atoms with Gasteiger partial charge in [0.2, 0.25) is 0 Å². The van der Waals surface area contributed by atoms with Gasteiger partial charge in [0.05, 0.1) is 5.69 Å². The molecule has 8 heteroatoms. The molecule has 1 aromatic carbocycles. The molecule has 3 heterocycles. The first-order valence-corrected chi connectivity index (χ1v) is 9.07. The molecule has 4 rings (SSSR count). The summed E-state index contributed by atoms with van der Waals surface area (Å²) in [7, 11) is 0. The predicted molar refractivity (Wildman–Crippen MR) is 101 cm³/mol. The van der Waals surface area contributed by atoms with E-state index in [9.17, 15) is 13.6 Å². The molecule has 0 aliphatic carbocycles. The Morgan fingerprint density at radius 1 is 1.25 bits per heavy atom. The van der Waals surface area contributed by atoms with E-state index in [-0.39, 0.29) is 5.91 Å².